The molecule has 2 atom stereocenters. The highest BCUT2D eigenvalue weighted by Crippen LogP contribution is 2.29. The van der Waals surface area contributed by atoms with Gasteiger partial charge in [-0.2, -0.15) is 0 Å². The van der Waals surface area contributed by atoms with Gasteiger partial charge in [0.1, 0.15) is 17.5 Å². The average molecular weight is 430 g/mol. The molecule has 166 valence electrons. The molecule has 11 nitrogen and oxygen atoms in total. The van der Waals surface area contributed by atoms with Crippen LogP contribution in [-0.2, 0) is 23.8 Å². The van der Waals surface area contributed by atoms with Gasteiger partial charge in [-0.15, -0.1) is 0 Å². The molecule has 0 aliphatic carbocycles. The van der Waals surface area contributed by atoms with Crippen LogP contribution in [-0.4, -0.2) is 54.9 Å². The van der Waals surface area contributed by atoms with Crippen molar-refractivity contribution in [2.75, 3.05) is 14.2 Å². The Labute approximate surface area is 171 Å². The maximum atomic E-state index is 13.3. The van der Waals surface area contributed by atoms with Crippen LogP contribution in [0.5, 0.6) is 5.75 Å². The third-order valence-corrected chi connectivity index (χ3v) is 3.48. The minimum absolute atomic E-state index is 0.433. The smallest absolute Gasteiger partial charge is 0.408 e. The van der Waals surface area contributed by atoms with E-state index >= 15 is 0 Å². The summed E-state index contributed by atoms with van der Waals surface area (Å²) in [5.41, 5.74) is -1.60. The van der Waals surface area contributed by atoms with Crippen molar-refractivity contribution in [1.82, 2.24) is 5.32 Å². The van der Waals surface area contributed by atoms with Gasteiger partial charge >= 0.3 is 23.7 Å². The normalized spacial score (nSPS) is 12.9. The van der Waals surface area contributed by atoms with Crippen molar-refractivity contribution >= 4 is 23.7 Å². The quantitative estimate of drug-likeness (QED) is 0.284. The summed E-state index contributed by atoms with van der Waals surface area (Å²) in [7, 11) is 2.09. The third-order valence-electron chi connectivity index (χ3n) is 3.48. The molecule has 0 aliphatic rings. The van der Waals surface area contributed by atoms with E-state index in [1.165, 1.54) is 0 Å². The molecule has 1 N–H and O–H groups in total. The number of esters is 2. The second kappa shape index (κ2) is 10.4. The summed E-state index contributed by atoms with van der Waals surface area (Å²) in [5.74, 6) is -3.24. The average Bonchev–Trinajstić information content (AvgIpc) is 2.64. The largest absolute Gasteiger partial charge is 0.471 e. The topological polar surface area (TPSA) is 143 Å². The zero-order chi connectivity index (χ0) is 23.1. The monoisotopic (exact) mass is 430 g/mol. The molecule has 0 aliphatic heterocycles. The number of hydrogen-bond acceptors (Lipinski definition) is 9. The molecule has 1 aromatic carbocycles. The molecule has 0 saturated carbocycles. The second-order valence-corrected chi connectivity index (χ2v) is 6.96. The Morgan fingerprint density at radius 1 is 1.17 bits per heavy atom. The number of hydrogen-bond donors (Lipinski definition) is 1. The maximum absolute atomic E-state index is 13.3. The van der Waals surface area contributed by atoms with Gasteiger partial charge in [-0.3, -0.25) is 10.1 Å². The highest BCUT2D eigenvalue weighted by atomic mass is 19.1. The van der Waals surface area contributed by atoms with E-state index < -0.39 is 64.4 Å². The number of benzene rings is 1. The number of nitrogens with zero attached hydrogens (tertiary/aromatic N) is 1. The van der Waals surface area contributed by atoms with Gasteiger partial charge in [-0.25, -0.2) is 18.8 Å². The Morgan fingerprint density at radius 3 is 2.27 bits per heavy atom. The number of nitrogens with one attached hydrogen (secondary N) is 1. The van der Waals surface area contributed by atoms with Crippen LogP contribution in [0.4, 0.5) is 14.9 Å². The molecule has 0 bridgehead atoms. The Kier molecular flexibility index (Phi) is 8.50. The molecule has 0 saturated heterocycles. The van der Waals surface area contributed by atoms with E-state index in [1.807, 2.05) is 0 Å². The second-order valence-electron chi connectivity index (χ2n) is 6.96. The van der Waals surface area contributed by atoms with Gasteiger partial charge in [0.15, 0.2) is 11.9 Å². The van der Waals surface area contributed by atoms with Gasteiger partial charge in [0.25, 0.3) is 0 Å². The first-order valence-corrected chi connectivity index (χ1v) is 8.63. The molecule has 0 heterocycles. The van der Waals surface area contributed by atoms with Crippen molar-refractivity contribution in [2.24, 2.45) is 0 Å². The Hall–Kier alpha value is -3.44. The Morgan fingerprint density at radius 2 is 1.77 bits per heavy atom. The first-order chi connectivity index (χ1) is 13.9. The molecule has 0 radical (unpaired) electrons. The van der Waals surface area contributed by atoms with E-state index in [4.69, 9.17) is 9.47 Å². The Bertz CT molecular complexity index is 807. The number of nitro groups is 1. The van der Waals surface area contributed by atoms with Crippen LogP contribution in [0.1, 0.15) is 27.2 Å². The first-order valence-electron chi connectivity index (χ1n) is 8.63. The number of rotatable bonds is 8. The minimum atomic E-state index is -1.57. The molecular weight excluding hydrogens is 407 g/mol. The number of halogens is 1. The summed E-state index contributed by atoms with van der Waals surface area (Å²) in [6.07, 6.45) is -3.04. The van der Waals surface area contributed by atoms with Crippen molar-refractivity contribution in [3.05, 3.63) is 34.1 Å². The molecular formula is C18H23FN2O9. The number of methoxy groups -OCH3 is 2. The van der Waals surface area contributed by atoms with E-state index in [-0.39, 0.29) is 0 Å². The van der Waals surface area contributed by atoms with Crippen molar-refractivity contribution in [3.8, 4) is 5.75 Å². The van der Waals surface area contributed by atoms with Gasteiger partial charge in [0, 0.05) is 6.42 Å². The number of amides is 1. The number of alkyl carbamates (subject to hydrolysis) is 1. The molecule has 1 rings (SSSR count). The summed E-state index contributed by atoms with van der Waals surface area (Å²) in [6.45, 7) is 4.81. The third kappa shape index (κ3) is 7.53. The highest BCUT2D eigenvalue weighted by molar-refractivity contribution is 5.83. The van der Waals surface area contributed by atoms with Crippen LogP contribution in [0.15, 0.2) is 18.2 Å². The van der Waals surface area contributed by atoms with Crippen molar-refractivity contribution in [3.63, 3.8) is 0 Å². The summed E-state index contributed by atoms with van der Waals surface area (Å²) >= 11 is 0. The predicted octanol–water partition coefficient (Wildman–Crippen LogP) is 2.11. The van der Waals surface area contributed by atoms with Gasteiger partial charge in [0.05, 0.1) is 25.2 Å². The van der Waals surface area contributed by atoms with Crippen molar-refractivity contribution < 1.29 is 42.6 Å². The lowest BCUT2D eigenvalue weighted by atomic mass is 10.1. The van der Waals surface area contributed by atoms with Crippen LogP contribution in [0.3, 0.4) is 0 Å². The van der Waals surface area contributed by atoms with Crippen molar-refractivity contribution in [2.45, 2.75) is 44.9 Å². The van der Waals surface area contributed by atoms with Gasteiger partial charge in [-0.05, 0) is 32.9 Å². The SMILES string of the molecule is COC(=O)[C@H](C[C@H](Oc1ccc(F)cc1[N+](=O)[O-])C(=O)OC)NC(=O)OC(C)(C)C. The summed E-state index contributed by atoms with van der Waals surface area (Å²) in [4.78, 5) is 46.5. The van der Waals surface area contributed by atoms with E-state index in [0.29, 0.717) is 6.07 Å². The van der Waals surface area contributed by atoms with Crippen LogP contribution >= 0.6 is 0 Å². The van der Waals surface area contributed by atoms with Crippen LogP contribution in [0.2, 0.25) is 0 Å². The molecule has 30 heavy (non-hydrogen) atoms. The van der Waals surface area contributed by atoms with E-state index in [9.17, 15) is 28.9 Å². The number of nitro benzene ring substituents is 1. The number of carbonyl (C=O) groups excluding carboxylic acids is 3. The first kappa shape index (κ1) is 24.6. The fourth-order valence-electron chi connectivity index (χ4n) is 2.23. The van der Waals surface area contributed by atoms with E-state index in [1.54, 1.807) is 20.8 Å². The maximum Gasteiger partial charge on any atom is 0.408 e. The minimum Gasteiger partial charge on any atom is -0.471 e. The predicted molar refractivity (Wildman–Crippen MR) is 99.3 cm³/mol. The van der Waals surface area contributed by atoms with Crippen molar-refractivity contribution in [1.29, 1.82) is 0 Å². The van der Waals surface area contributed by atoms with Crippen LogP contribution in [0.25, 0.3) is 0 Å². The molecule has 1 aromatic rings. The summed E-state index contributed by atoms with van der Waals surface area (Å²) in [6, 6.07) is 1.06. The zero-order valence-corrected chi connectivity index (χ0v) is 17.1. The number of carbonyl (C=O) groups is 3. The lowest BCUT2D eigenvalue weighted by Crippen LogP contribution is -2.47. The summed E-state index contributed by atoms with van der Waals surface area (Å²) in [5, 5.41) is 13.4. The van der Waals surface area contributed by atoms with E-state index in [0.717, 1.165) is 26.4 Å². The van der Waals surface area contributed by atoms with Gasteiger partial charge < -0.3 is 24.3 Å². The highest BCUT2D eigenvalue weighted by Gasteiger charge is 2.34. The molecule has 0 spiro atoms. The molecule has 0 aromatic heterocycles. The van der Waals surface area contributed by atoms with Gasteiger partial charge in [0.2, 0.25) is 0 Å². The lowest BCUT2D eigenvalue weighted by Gasteiger charge is -2.24. The Balaban J connectivity index is 3.14. The van der Waals surface area contributed by atoms with Crippen LogP contribution in [0, 0.1) is 15.9 Å². The number of ether oxygens (including phenoxy) is 4. The molecule has 1 amide bonds. The fraction of sp³-hybridized carbons (Fsp3) is 0.500. The lowest BCUT2D eigenvalue weighted by molar-refractivity contribution is -0.386. The zero-order valence-electron chi connectivity index (χ0n) is 17.1. The van der Waals surface area contributed by atoms with E-state index in [2.05, 4.69) is 14.8 Å². The van der Waals surface area contributed by atoms with Crippen LogP contribution < -0.4 is 10.1 Å². The molecule has 12 heteroatoms. The van der Waals surface area contributed by atoms with Gasteiger partial charge in [-0.1, -0.05) is 0 Å². The standard InChI is InChI=1S/C18H23FN2O9/c1-18(2,3)30-17(24)20-11(15(22)27-4)9-14(16(23)28-5)29-13-7-6-10(19)8-12(13)21(25)26/h6-8,11,14H,9H2,1-5H3,(H,20,24)/t11-,14-/m0/s1. The molecule has 0 fully saturated rings. The summed E-state index contributed by atoms with van der Waals surface area (Å²) < 4.78 is 33.0. The fourth-order valence-corrected chi connectivity index (χ4v) is 2.23. The molecule has 0 unspecified atom stereocenters.